The number of hydrogen-bond donors (Lipinski definition) is 1. The molecule has 0 unspecified atom stereocenters. The molecule has 0 aliphatic carbocycles. The normalized spacial score (nSPS) is 10.6. The van der Waals surface area contributed by atoms with Gasteiger partial charge in [0, 0.05) is 13.3 Å². The van der Waals surface area contributed by atoms with Gasteiger partial charge < -0.3 is 17.0 Å². The van der Waals surface area contributed by atoms with Gasteiger partial charge in [-0.3, -0.25) is 0 Å². The van der Waals surface area contributed by atoms with Gasteiger partial charge in [0.05, 0.1) is 7.05 Å². The molecule has 1 aromatic rings. The van der Waals surface area contributed by atoms with Crippen LogP contribution in [-0.2, 0) is 13.5 Å². The lowest BCUT2D eigenvalue weighted by Crippen LogP contribution is -3.00. The zero-order valence-corrected chi connectivity index (χ0v) is 15.3. The molecule has 0 spiro atoms. The first-order chi connectivity index (χ1) is 9.24. The Labute approximate surface area is 136 Å². The molecule has 20 heavy (non-hydrogen) atoms. The van der Waals surface area contributed by atoms with Crippen molar-refractivity contribution < 1.29 is 21.5 Å². The molecule has 0 aromatic carbocycles. The van der Waals surface area contributed by atoms with Crippen molar-refractivity contribution in [3.8, 4) is 0 Å². The highest BCUT2D eigenvalue weighted by Crippen LogP contribution is 2.11. The van der Waals surface area contributed by atoms with Crippen molar-refractivity contribution in [2.75, 3.05) is 0 Å². The van der Waals surface area contributed by atoms with Crippen LogP contribution in [0.25, 0.3) is 0 Å². The number of nitrogens with zero attached hydrogens (tertiary/aromatic N) is 1. The van der Waals surface area contributed by atoms with Gasteiger partial charge in [0.25, 0.3) is 5.82 Å². The molecule has 1 rings (SSSR count). The monoisotopic (exact) mass is 344 g/mol. The lowest BCUT2D eigenvalue weighted by Gasteiger charge is -2.01. The number of nitrogens with one attached hydrogen (secondary N) is 1. The van der Waals surface area contributed by atoms with Crippen LogP contribution in [0.5, 0.6) is 0 Å². The molecule has 0 amide bonds. The minimum Gasteiger partial charge on any atom is -1.00 e. The van der Waals surface area contributed by atoms with Crippen molar-refractivity contribution >= 4 is 0 Å². The summed E-state index contributed by atoms with van der Waals surface area (Å²) in [6, 6.07) is 0. The maximum atomic E-state index is 3.44. The summed E-state index contributed by atoms with van der Waals surface area (Å²) in [5.41, 5.74) is 1.39. The second kappa shape index (κ2) is 12.4. The van der Waals surface area contributed by atoms with E-state index in [1.54, 1.807) is 0 Å². The lowest BCUT2D eigenvalue weighted by atomic mass is 10.1. The summed E-state index contributed by atoms with van der Waals surface area (Å²) in [6.07, 6.45) is 17.6. The van der Waals surface area contributed by atoms with Crippen LogP contribution >= 0.6 is 0 Å². The van der Waals surface area contributed by atoms with E-state index < -0.39 is 0 Å². The van der Waals surface area contributed by atoms with Crippen LogP contribution in [-0.4, -0.2) is 4.98 Å². The topological polar surface area (TPSA) is 19.7 Å². The standard InChI is InChI=1S/C17H32N2.BrH/c1-4-5-6-7-8-9-10-11-12-13-14-17-15-19(3)16(2)18-17;/h15H,4-14H2,1-3H3;1H. The van der Waals surface area contributed by atoms with Gasteiger partial charge in [-0.25, -0.2) is 9.55 Å². The van der Waals surface area contributed by atoms with E-state index in [1.807, 2.05) is 0 Å². The number of aryl methyl sites for hydroxylation is 3. The first-order valence-electron chi connectivity index (χ1n) is 8.28. The van der Waals surface area contributed by atoms with Gasteiger partial charge in [0.1, 0.15) is 11.9 Å². The fraction of sp³-hybridized carbons (Fsp3) is 0.824. The third-order valence-corrected chi connectivity index (χ3v) is 4.02. The smallest absolute Gasteiger partial charge is 0.251 e. The molecule has 1 heterocycles. The quantitative estimate of drug-likeness (QED) is 0.465. The Morgan fingerprint density at radius 2 is 1.40 bits per heavy atom. The van der Waals surface area contributed by atoms with E-state index in [0.717, 1.165) is 0 Å². The average molecular weight is 345 g/mol. The second-order valence-electron chi connectivity index (χ2n) is 5.91. The molecule has 0 saturated heterocycles. The van der Waals surface area contributed by atoms with E-state index in [-0.39, 0.29) is 17.0 Å². The fourth-order valence-electron chi connectivity index (χ4n) is 2.61. The molecule has 118 valence electrons. The Hall–Kier alpha value is -0.310. The average Bonchev–Trinajstić information content (AvgIpc) is 2.71. The SMILES string of the molecule is CCCCCCCCCCCCc1c[n+](C)c(C)[nH]1.[Br-]. The first kappa shape index (κ1) is 19.7. The van der Waals surface area contributed by atoms with Gasteiger partial charge in [0.2, 0.25) is 0 Å². The molecule has 0 fully saturated rings. The summed E-state index contributed by atoms with van der Waals surface area (Å²) < 4.78 is 2.17. The maximum Gasteiger partial charge on any atom is 0.251 e. The molecule has 0 saturated carbocycles. The molecule has 3 heteroatoms. The van der Waals surface area contributed by atoms with Crippen LogP contribution < -0.4 is 21.5 Å². The van der Waals surface area contributed by atoms with Gasteiger partial charge in [-0.15, -0.1) is 0 Å². The molecular weight excluding hydrogens is 312 g/mol. The number of imidazole rings is 1. The van der Waals surface area contributed by atoms with E-state index >= 15 is 0 Å². The van der Waals surface area contributed by atoms with Crippen LogP contribution in [0.1, 0.15) is 82.7 Å². The Kier molecular flexibility index (Phi) is 12.2. The van der Waals surface area contributed by atoms with E-state index in [9.17, 15) is 0 Å². The van der Waals surface area contributed by atoms with Gasteiger partial charge in [0.15, 0.2) is 0 Å². The van der Waals surface area contributed by atoms with Crippen LogP contribution in [0.15, 0.2) is 6.20 Å². The molecule has 1 aromatic heterocycles. The molecule has 0 radical (unpaired) electrons. The Bertz CT molecular complexity index is 314. The summed E-state index contributed by atoms with van der Waals surface area (Å²) in [6.45, 7) is 4.41. The molecule has 2 nitrogen and oxygen atoms in total. The van der Waals surface area contributed by atoms with E-state index in [4.69, 9.17) is 0 Å². The number of H-pyrrole nitrogens is 1. The highest BCUT2D eigenvalue weighted by molar-refractivity contribution is 4.93. The third-order valence-electron chi connectivity index (χ3n) is 4.02. The summed E-state index contributed by atoms with van der Waals surface area (Å²) in [5, 5.41) is 0. The van der Waals surface area contributed by atoms with Crippen LogP contribution in [0.3, 0.4) is 0 Å². The molecular formula is C17H33BrN2. The fourth-order valence-corrected chi connectivity index (χ4v) is 2.61. The Morgan fingerprint density at radius 3 is 1.85 bits per heavy atom. The molecule has 0 aliphatic heterocycles. The highest BCUT2D eigenvalue weighted by Gasteiger charge is 2.06. The number of halogens is 1. The van der Waals surface area contributed by atoms with Crippen LogP contribution in [0.2, 0.25) is 0 Å². The van der Waals surface area contributed by atoms with Gasteiger partial charge >= 0.3 is 0 Å². The first-order valence-corrected chi connectivity index (χ1v) is 8.28. The van der Waals surface area contributed by atoms with Crippen molar-refractivity contribution in [1.82, 2.24) is 4.98 Å². The summed E-state index contributed by atoms with van der Waals surface area (Å²) in [5.74, 6) is 1.25. The largest absolute Gasteiger partial charge is 1.00 e. The van der Waals surface area contributed by atoms with Gasteiger partial charge in [-0.05, 0) is 6.42 Å². The summed E-state index contributed by atoms with van der Waals surface area (Å²) >= 11 is 0. The van der Waals surface area contributed by atoms with Crippen molar-refractivity contribution in [3.63, 3.8) is 0 Å². The van der Waals surface area contributed by atoms with E-state index in [0.29, 0.717) is 0 Å². The summed E-state index contributed by atoms with van der Waals surface area (Å²) in [7, 11) is 2.11. The predicted octanol–water partition coefficient (Wildman–Crippen LogP) is 1.62. The van der Waals surface area contributed by atoms with Crippen molar-refractivity contribution in [3.05, 3.63) is 17.7 Å². The number of aromatic amines is 1. The van der Waals surface area contributed by atoms with Crippen LogP contribution in [0.4, 0.5) is 0 Å². The van der Waals surface area contributed by atoms with Gasteiger partial charge in [-0.2, -0.15) is 0 Å². The predicted molar refractivity (Wildman–Crippen MR) is 82.3 cm³/mol. The zero-order valence-electron chi connectivity index (χ0n) is 13.7. The summed E-state index contributed by atoms with van der Waals surface area (Å²) in [4.78, 5) is 3.44. The minimum atomic E-state index is 0. The van der Waals surface area contributed by atoms with Crippen molar-refractivity contribution in [1.29, 1.82) is 0 Å². The molecule has 0 bridgehead atoms. The van der Waals surface area contributed by atoms with E-state index in [1.165, 1.54) is 82.1 Å². The highest BCUT2D eigenvalue weighted by atomic mass is 79.9. The molecule has 1 N–H and O–H groups in total. The zero-order chi connectivity index (χ0) is 13.9. The van der Waals surface area contributed by atoms with Gasteiger partial charge in [-0.1, -0.05) is 64.7 Å². The Morgan fingerprint density at radius 1 is 0.900 bits per heavy atom. The number of rotatable bonds is 11. The van der Waals surface area contributed by atoms with Crippen molar-refractivity contribution in [2.45, 2.75) is 84.5 Å². The van der Waals surface area contributed by atoms with Crippen molar-refractivity contribution in [2.24, 2.45) is 7.05 Å². The van der Waals surface area contributed by atoms with Crippen LogP contribution in [0, 0.1) is 6.92 Å². The Balaban J connectivity index is 0.00000361. The second-order valence-corrected chi connectivity index (χ2v) is 5.91. The third kappa shape index (κ3) is 8.78. The van der Waals surface area contributed by atoms with E-state index in [2.05, 4.69) is 36.6 Å². The molecule has 0 aliphatic rings. The number of hydrogen-bond acceptors (Lipinski definition) is 0. The maximum absolute atomic E-state index is 3.44. The number of unbranched alkanes of at least 4 members (excludes halogenated alkanes) is 9. The number of aromatic nitrogens is 2. The minimum absolute atomic E-state index is 0. The lowest BCUT2D eigenvalue weighted by molar-refractivity contribution is -0.676. The molecule has 0 atom stereocenters.